The van der Waals surface area contributed by atoms with E-state index in [2.05, 4.69) is 6.92 Å². The van der Waals surface area contributed by atoms with E-state index in [1.165, 1.54) is 12.1 Å². The van der Waals surface area contributed by atoms with Crippen LogP contribution in [0.5, 0.6) is 0 Å². The Bertz CT molecular complexity index is 600. The molecule has 6 nitrogen and oxygen atoms in total. The molecule has 0 aromatic heterocycles. The van der Waals surface area contributed by atoms with Crippen molar-refractivity contribution in [1.82, 2.24) is 0 Å². The van der Waals surface area contributed by atoms with Crippen molar-refractivity contribution in [2.24, 2.45) is 5.73 Å². The van der Waals surface area contributed by atoms with E-state index in [1.54, 1.807) is 12.1 Å². The molecule has 1 amide bonds. The van der Waals surface area contributed by atoms with Crippen molar-refractivity contribution >= 4 is 21.1 Å². The molecule has 0 aliphatic heterocycles. The number of aliphatic hydroxyl groups excluding tert-OH is 1. The van der Waals surface area contributed by atoms with Crippen LogP contribution in [0.4, 0.5) is 4.79 Å². The highest BCUT2D eigenvalue weighted by molar-refractivity contribution is 8.16. The number of carboxylic acids is 1. The number of benzene rings is 1. The van der Waals surface area contributed by atoms with E-state index < -0.39 is 26.6 Å². The lowest BCUT2D eigenvalue weighted by Crippen LogP contribution is -2.39. The number of hydrogen-bond acceptors (Lipinski definition) is 4. The molecule has 1 unspecified atom stereocenters. The molecule has 24 heavy (non-hydrogen) atoms. The number of unbranched alkanes of at least 4 members (excludes halogenated alkanes) is 3. The van der Waals surface area contributed by atoms with Crippen LogP contribution in [0, 0.1) is 0 Å². The quantitative estimate of drug-likeness (QED) is 0.379. The van der Waals surface area contributed by atoms with Crippen molar-refractivity contribution in [2.45, 2.75) is 62.2 Å². The lowest BCUT2D eigenvalue weighted by molar-refractivity contribution is -0.136. The number of amides is 1. The molecule has 0 heterocycles. The smallest absolute Gasteiger partial charge is 0.303 e. The second-order valence-electron chi connectivity index (χ2n) is 5.89. The molecule has 7 heteroatoms. The third-order valence-corrected chi connectivity index (χ3v) is 6.83. The molecule has 136 valence electrons. The van der Waals surface area contributed by atoms with E-state index in [4.69, 9.17) is 10.8 Å². The van der Waals surface area contributed by atoms with Crippen LogP contribution in [0.2, 0.25) is 0 Å². The number of nitrogens with two attached hydrogens (primary N) is 1. The topological polar surface area (TPSA) is 118 Å². The van der Waals surface area contributed by atoms with Crippen LogP contribution in [0.25, 0.3) is 0 Å². The van der Waals surface area contributed by atoms with Gasteiger partial charge in [-0.2, -0.15) is 0 Å². The monoisotopic (exact) mass is 357 g/mol. The average Bonchev–Trinajstić information content (AvgIpc) is 2.56. The highest BCUT2D eigenvalue weighted by Crippen LogP contribution is 2.27. The molecule has 1 aromatic carbocycles. The molecule has 0 saturated carbocycles. The maximum Gasteiger partial charge on any atom is 0.303 e. The zero-order valence-corrected chi connectivity index (χ0v) is 14.9. The zero-order valence-electron chi connectivity index (χ0n) is 14.0. The largest absolute Gasteiger partial charge is 0.481 e. The van der Waals surface area contributed by atoms with E-state index in [1.807, 2.05) is 0 Å². The van der Waals surface area contributed by atoms with Gasteiger partial charge in [0.25, 0.3) is 5.24 Å². The highest BCUT2D eigenvalue weighted by atomic mass is 32.2. The van der Waals surface area contributed by atoms with E-state index in [-0.39, 0.29) is 17.7 Å². The van der Waals surface area contributed by atoms with Gasteiger partial charge in [-0.1, -0.05) is 38.3 Å². The number of aryl methyl sites for hydroxylation is 1. The van der Waals surface area contributed by atoms with Crippen molar-refractivity contribution in [1.29, 1.82) is 0 Å². The molecule has 1 atom stereocenters. The van der Waals surface area contributed by atoms with Crippen LogP contribution >= 0.6 is 0 Å². The molecule has 0 spiro atoms. The summed E-state index contributed by atoms with van der Waals surface area (Å²) in [5, 5.41) is 18.0. The minimum atomic E-state index is -3.76. The Morgan fingerprint density at radius 3 is 2.29 bits per heavy atom. The van der Waals surface area contributed by atoms with Crippen LogP contribution in [0.15, 0.2) is 29.2 Å². The molecule has 0 bridgehead atoms. The summed E-state index contributed by atoms with van der Waals surface area (Å²) in [6.45, 7) is 2.07. The van der Waals surface area contributed by atoms with Gasteiger partial charge in [-0.3, -0.25) is 13.8 Å². The Morgan fingerprint density at radius 1 is 1.17 bits per heavy atom. The first-order chi connectivity index (χ1) is 11.3. The second kappa shape index (κ2) is 9.54. The van der Waals surface area contributed by atoms with Crippen molar-refractivity contribution < 1.29 is 24.0 Å². The van der Waals surface area contributed by atoms with Gasteiger partial charge < -0.3 is 15.9 Å². The van der Waals surface area contributed by atoms with Gasteiger partial charge >= 0.3 is 5.97 Å². The van der Waals surface area contributed by atoms with Gasteiger partial charge in [0.2, 0.25) is 0 Å². The molecule has 1 rings (SSSR count). The number of rotatable bonds is 10. The Labute approximate surface area is 143 Å². The Kier molecular flexibility index (Phi) is 8.07. The van der Waals surface area contributed by atoms with Crippen LogP contribution in [-0.4, -0.2) is 31.1 Å². The number of aliphatic hydroxyl groups is 1. The fraction of sp³-hybridized carbons (Fsp3) is 0.529. The Balaban J connectivity index is 2.87. The summed E-state index contributed by atoms with van der Waals surface area (Å²) < 4.78 is 13.0. The first kappa shape index (κ1) is 20.3. The van der Waals surface area contributed by atoms with Crippen molar-refractivity contribution in [2.75, 3.05) is 0 Å². The van der Waals surface area contributed by atoms with Gasteiger partial charge in [-0.15, -0.1) is 0 Å². The molecule has 0 saturated heterocycles. The summed E-state index contributed by atoms with van der Waals surface area (Å²) in [6, 6.07) is 6.24. The standard InChI is InChI=1S/C17H27NO5S/c1-2-3-4-5-6-16(21)24(23,17(18)22)14-10-7-13(8-11-14)9-12-15(19)20/h7-8,10-11,16,21,24H,2-6,9,12H2,1H3,(H2,18,22)(H,19,20). The van der Waals surface area contributed by atoms with Crippen molar-refractivity contribution in [3.05, 3.63) is 29.8 Å². The Hall–Kier alpha value is -1.73. The van der Waals surface area contributed by atoms with Crippen LogP contribution in [0.1, 0.15) is 51.0 Å². The number of carboxylic acid groups (broad SMARTS) is 1. The third-order valence-electron chi connectivity index (χ3n) is 4.01. The lowest BCUT2D eigenvalue weighted by Gasteiger charge is -2.26. The molecular weight excluding hydrogens is 330 g/mol. The van der Waals surface area contributed by atoms with E-state index in [0.717, 1.165) is 24.8 Å². The van der Waals surface area contributed by atoms with Gasteiger partial charge in [0.1, 0.15) is 5.44 Å². The fourth-order valence-electron chi connectivity index (χ4n) is 2.52. The minimum Gasteiger partial charge on any atom is -0.481 e. The van der Waals surface area contributed by atoms with Gasteiger partial charge in [-0.05, 0) is 37.0 Å². The molecular formula is C17H27NO5S. The molecule has 0 aliphatic rings. The first-order valence-corrected chi connectivity index (χ1v) is 9.99. The summed E-state index contributed by atoms with van der Waals surface area (Å²) in [5.74, 6) is -0.899. The van der Waals surface area contributed by atoms with Crippen molar-refractivity contribution in [3.63, 3.8) is 0 Å². The van der Waals surface area contributed by atoms with E-state index in [9.17, 15) is 18.9 Å². The maximum atomic E-state index is 13.0. The van der Waals surface area contributed by atoms with Crippen LogP contribution in [-0.2, 0) is 21.1 Å². The summed E-state index contributed by atoms with van der Waals surface area (Å²) >= 11 is 0. The van der Waals surface area contributed by atoms with Crippen LogP contribution < -0.4 is 5.73 Å². The molecule has 0 aliphatic carbocycles. The number of thiol groups is 1. The molecule has 1 aromatic rings. The summed E-state index contributed by atoms with van der Waals surface area (Å²) in [7, 11) is -3.76. The van der Waals surface area contributed by atoms with E-state index >= 15 is 0 Å². The number of primary amides is 1. The SMILES string of the molecule is CCCCCCC(O)[SH](=O)(C(N)=O)c1ccc(CCC(=O)O)cc1. The Morgan fingerprint density at radius 2 is 1.79 bits per heavy atom. The fourth-order valence-corrected chi connectivity index (χ4v) is 4.55. The summed E-state index contributed by atoms with van der Waals surface area (Å²) in [6.07, 6.45) is 4.25. The maximum absolute atomic E-state index is 13.0. The number of carbonyl (C=O) groups is 2. The first-order valence-electron chi connectivity index (χ1n) is 8.21. The van der Waals surface area contributed by atoms with Crippen LogP contribution in [0.3, 0.4) is 0 Å². The minimum absolute atomic E-state index is 0.00706. The average molecular weight is 357 g/mol. The van der Waals surface area contributed by atoms with E-state index in [0.29, 0.717) is 12.8 Å². The second-order valence-corrected chi connectivity index (χ2v) is 8.76. The third kappa shape index (κ3) is 5.42. The molecule has 0 radical (unpaired) electrons. The summed E-state index contributed by atoms with van der Waals surface area (Å²) in [4.78, 5) is 22.6. The van der Waals surface area contributed by atoms with Gasteiger partial charge in [0, 0.05) is 21.2 Å². The van der Waals surface area contributed by atoms with Gasteiger partial charge in [0.05, 0.1) is 0 Å². The number of aliphatic carboxylic acids is 1. The predicted molar refractivity (Wildman–Crippen MR) is 94.6 cm³/mol. The zero-order chi connectivity index (χ0) is 18.2. The number of hydrogen-bond donors (Lipinski definition) is 4. The highest BCUT2D eigenvalue weighted by Gasteiger charge is 2.32. The summed E-state index contributed by atoms with van der Waals surface area (Å²) in [5.41, 5.74) is 4.81. The normalized spacial score (nSPS) is 13.4. The van der Waals surface area contributed by atoms with Gasteiger partial charge in [0.15, 0.2) is 0 Å². The van der Waals surface area contributed by atoms with Crippen molar-refractivity contribution in [3.8, 4) is 0 Å². The molecule has 4 N–H and O–H groups in total. The number of carbonyl (C=O) groups excluding carboxylic acids is 1. The van der Waals surface area contributed by atoms with Gasteiger partial charge in [-0.25, -0.2) is 0 Å². The predicted octanol–water partition coefficient (Wildman–Crippen LogP) is 2.45. The lowest BCUT2D eigenvalue weighted by atomic mass is 10.1. The molecule has 0 fully saturated rings.